The standard InChI is InChI=1S/C10H20O.C3H8O2/c1-3-9(2)8-11-10-6-4-5-7-10;1-3(5)2-4/h9-10H,3-8H2,1-2H3;3-5H,2H2,1H3. The quantitative estimate of drug-likeness (QED) is 0.765. The van der Waals surface area contributed by atoms with Gasteiger partial charge in [0.25, 0.3) is 0 Å². The van der Waals surface area contributed by atoms with E-state index in [1.165, 1.54) is 39.0 Å². The molecule has 1 aliphatic rings. The minimum atomic E-state index is -0.560. The Hall–Kier alpha value is -0.120. The predicted octanol–water partition coefficient (Wildman–Crippen LogP) is 2.35. The Labute approximate surface area is 99.8 Å². The zero-order valence-electron chi connectivity index (χ0n) is 11.0. The smallest absolute Gasteiger partial charge is 0.0742 e. The van der Waals surface area contributed by atoms with E-state index in [2.05, 4.69) is 13.8 Å². The van der Waals surface area contributed by atoms with Gasteiger partial charge >= 0.3 is 0 Å². The third-order valence-corrected chi connectivity index (χ3v) is 2.88. The fraction of sp³-hybridized carbons (Fsp3) is 1.00. The van der Waals surface area contributed by atoms with E-state index in [0.717, 1.165) is 12.5 Å². The summed E-state index contributed by atoms with van der Waals surface area (Å²) in [6.07, 6.45) is 6.65. The maximum atomic E-state index is 8.11. The fourth-order valence-electron chi connectivity index (χ4n) is 1.47. The predicted molar refractivity (Wildman–Crippen MR) is 66.4 cm³/mol. The lowest BCUT2D eigenvalue weighted by Gasteiger charge is -2.14. The molecule has 3 heteroatoms. The summed E-state index contributed by atoms with van der Waals surface area (Å²) in [6, 6.07) is 0. The van der Waals surface area contributed by atoms with Gasteiger partial charge in [0.2, 0.25) is 0 Å². The van der Waals surface area contributed by atoms with Gasteiger partial charge in [-0.25, -0.2) is 0 Å². The Morgan fingerprint density at radius 2 is 1.75 bits per heavy atom. The first kappa shape index (κ1) is 15.9. The van der Waals surface area contributed by atoms with E-state index in [4.69, 9.17) is 14.9 Å². The molecule has 1 fully saturated rings. The highest BCUT2D eigenvalue weighted by Crippen LogP contribution is 2.21. The van der Waals surface area contributed by atoms with Crippen LogP contribution in [0.2, 0.25) is 0 Å². The van der Waals surface area contributed by atoms with Gasteiger partial charge in [0.15, 0.2) is 0 Å². The van der Waals surface area contributed by atoms with Crippen molar-refractivity contribution in [3.8, 4) is 0 Å². The lowest BCUT2D eigenvalue weighted by molar-refractivity contribution is 0.0364. The summed E-state index contributed by atoms with van der Waals surface area (Å²) >= 11 is 0. The van der Waals surface area contributed by atoms with E-state index in [1.807, 2.05) is 0 Å². The highest BCUT2D eigenvalue weighted by Gasteiger charge is 2.15. The molecule has 1 rings (SSSR count). The molecular formula is C13H28O3. The number of hydrogen-bond donors (Lipinski definition) is 2. The third kappa shape index (κ3) is 9.13. The molecule has 16 heavy (non-hydrogen) atoms. The molecule has 2 atom stereocenters. The number of ether oxygens (including phenoxy) is 1. The first-order valence-corrected chi connectivity index (χ1v) is 6.50. The topological polar surface area (TPSA) is 49.7 Å². The van der Waals surface area contributed by atoms with Gasteiger partial charge in [0.1, 0.15) is 0 Å². The van der Waals surface area contributed by atoms with Gasteiger partial charge < -0.3 is 14.9 Å². The van der Waals surface area contributed by atoms with Crippen molar-refractivity contribution in [2.45, 2.75) is 65.1 Å². The van der Waals surface area contributed by atoms with Crippen molar-refractivity contribution in [2.24, 2.45) is 5.92 Å². The zero-order chi connectivity index (χ0) is 12.4. The molecule has 2 N–H and O–H groups in total. The molecule has 0 bridgehead atoms. The second-order valence-electron chi connectivity index (χ2n) is 4.78. The average Bonchev–Trinajstić information content (AvgIpc) is 2.79. The summed E-state index contributed by atoms with van der Waals surface area (Å²) in [5.41, 5.74) is 0. The van der Waals surface area contributed by atoms with E-state index in [9.17, 15) is 0 Å². The van der Waals surface area contributed by atoms with Gasteiger partial charge in [0.05, 0.1) is 18.8 Å². The molecule has 0 aromatic carbocycles. The van der Waals surface area contributed by atoms with Gasteiger partial charge in [-0.1, -0.05) is 33.1 Å². The fourth-order valence-corrected chi connectivity index (χ4v) is 1.47. The average molecular weight is 232 g/mol. The molecule has 0 aliphatic heterocycles. The summed E-state index contributed by atoms with van der Waals surface area (Å²) in [6.45, 7) is 6.85. The van der Waals surface area contributed by atoms with Crippen molar-refractivity contribution < 1.29 is 14.9 Å². The van der Waals surface area contributed by atoms with E-state index in [1.54, 1.807) is 0 Å². The molecule has 0 amide bonds. The Morgan fingerprint density at radius 1 is 1.25 bits per heavy atom. The summed E-state index contributed by atoms with van der Waals surface area (Å²) < 4.78 is 5.76. The van der Waals surface area contributed by atoms with Gasteiger partial charge in [-0.05, 0) is 25.7 Å². The molecule has 1 saturated carbocycles. The van der Waals surface area contributed by atoms with Gasteiger partial charge in [-0.15, -0.1) is 0 Å². The van der Waals surface area contributed by atoms with Crippen LogP contribution in [0.3, 0.4) is 0 Å². The summed E-state index contributed by atoms with van der Waals surface area (Å²) in [4.78, 5) is 0. The van der Waals surface area contributed by atoms with Crippen LogP contribution in [0.15, 0.2) is 0 Å². The Balaban J connectivity index is 0.000000385. The summed E-state index contributed by atoms with van der Waals surface area (Å²) in [5.74, 6) is 0.746. The highest BCUT2D eigenvalue weighted by atomic mass is 16.5. The monoisotopic (exact) mass is 232 g/mol. The second kappa shape index (κ2) is 10.1. The van der Waals surface area contributed by atoms with Crippen molar-refractivity contribution >= 4 is 0 Å². The largest absolute Gasteiger partial charge is 0.394 e. The number of aliphatic hydroxyl groups is 2. The van der Waals surface area contributed by atoms with Crippen LogP contribution >= 0.6 is 0 Å². The Kier molecular flexibility index (Phi) is 9.99. The highest BCUT2D eigenvalue weighted by molar-refractivity contribution is 4.66. The Bertz CT molecular complexity index is 142. The third-order valence-electron chi connectivity index (χ3n) is 2.88. The van der Waals surface area contributed by atoms with Crippen molar-refractivity contribution in [3.05, 3.63) is 0 Å². The number of aliphatic hydroxyl groups excluding tert-OH is 2. The molecule has 0 aromatic heterocycles. The van der Waals surface area contributed by atoms with Crippen LogP contribution < -0.4 is 0 Å². The van der Waals surface area contributed by atoms with Crippen LogP contribution in [0.1, 0.15) is 52.9 Å². The van der Waals surface area contributed by atoms with E-state index < -0.39 is 6.10 Å². The van der Waals surface area contributed by atoms with Gasteiger partial charge in [-0.2, -0.15) is 0 Å². The van der Waals surface area contributed by atoms with E-state index in [-0.39, 0.29) is 6.61 Å². The van der Waals surface area contributed by atoms with Crippen molar-refractivity contribution in [1.29, 1.82) is 0 Å². The van der Waals surface area contributed by atoms with Gasteiger partial charge in [0, 0.05) is 6.61 Å². The van der Waals surface area contributed by atoms with Crippen LogP contribution in [0.5, 0.6) is 0 Å². The summed E-state index contributed by atoms with van der Waals surface area (Å²) in [7, 11) is 0. The molecule has 2 unspecified atom stereocenters. The molecule has 0 spiro atoms. The van der Waals surface area contributed by atoms with E-state index >= 15 is 0 Å². The first-order valence-electron chi connectivity index (χ1n) is 6.50. The van der Waals surface area contributed by atoms with Crippen LogP contribution in [-0.4, -0.2) is 35.6 Å². The molecule has 0 aromatic rings. The lowest BCUT2D eigenvalue weighted by atomic mass is 10.1. The minimum absolute atomic E-state index is 0.139. The lowest BCUT2D eigenvalue weighted by Crippen LogP contribution is -2.13. The van der Waals surface area contributed by atoms with Crippen LogP contribution in [0.4, 0.5) is 0 Å². The maximum Gasteiger partial charge on any atom is 0.0742 e. The van der Waals surface area contributed by atoms with E-state index in [0.29, 0.717) is 6.10 Å². The van der Waals surface area contributed by atoms with Crippen molar-refractivity contribution in [3.63, 3.8) is 0 Å². The molecule has 0 radical (unpaired) electrons. The van der Waals surface area contributed by atoms with Crippen molar-refractivity contribution in [1.82, 2.24) is 0 Å². The molecule has 3 nitrogen and oxygen atoms in total. The second-order valence-corrected chi connectivity index (χ2v) is 4.78. The molecule has 0 heterocycles. The van der Waals surface area contributed by atoms with Crippen LogP contribution in [0.25, 0.3) is 0 Å². The SMILES string of the molecule is CC(O)CO.CCC(C)COC1CCCC1. The van der Waals surface area contributed by atoms with Crippen molar-refractivity contribution in [2.75, 3.05) is 13.2 Å². The number of rotatable bonds is 5. The Morgan fingerprint density at radius 3 is 2.12 bits per heavy atom. The van der Waals surface area contributed by atoms with Gasteiger partial charge in [-0.3, -0.25) is 0 Å². The minimum Gasteiger partial charge on any atom is -0.394 e. The number of hydrogen-bond acceptors (Lipinski definition) is 3. The van der Waals surface area contributed by atoms with Crippen LogP contribution in [-0.2, 0) is 4.74 Å². The molecular weight excluding hydrogens is 204 g/mol. The normalized spacial score (nSPS) is 20.1. The maximum absolute atomic E-state index is 8.11. The molecule has 1 aliphatic carbocycles. The zero-order valence-corrected chi connectivity index (χ0v) is 11.0. The van der Waals surface area contributed by atoms with Crippen LogP contribution in [0, 0.1) is 5.92 Å². The summed E-state index contributed by atoms with van der Waals surface area (Å²) in [5, 5.41) is 16.0. The molecule has 0 saturated heterocycles. The molecule has 98 valence electrons. The first-order chi connectivity index (χ1) is 7.60.